The van der Waals surface area contributed by atoms with E-state index in [4.69, 9.17) is 9.47 Å². The lowest BCUT2D eigenvalue weighted by molar-refractivity contribution is -0.144. The molecule has 3 aliphatic rings. The van der Waals surface area contributed by atoms with Gasteiger partial charge in [-0.3, -0.25) is 9.69 Å². The zero-order chi connectivity index (χ0) is 17.3. The van der Waals surface area contributed by atoms with Gasteiger partial charge in [0.25, 0.3) is 0 Å². The highest BCUT2D eigenvalue weighted by molar-refractivity contribution is 5.80. The van der Waals surface area contributed by atoms with Gasteiger partial charge in [0.2, 0.25) is 5.91 Å². The largest absolute Gasteiger partial charge is 0.381 e. The van der Waals surface area contributed by atoms with E-state index >= 15 is 0 Å². The van der Waals surface area contributed by atoms with E-state index in [-0.39, 0.29) is 11.3 Å². The second kappa shape index (κ2) is 7.05. The minimum Gasteiger partial charge on any atom is -0.381 e. The normalized spacial score (nSPS) is 27.1. The third-order valence-electron chi connectivity index (χ3n) is 6.11. The van der Waals surface area contributed by atoms with Crippen LogP contribution >= 0.6 is 0 Å². The van der Waals surface area contributed by atoms with Gasteiger partial charge in [0.15, 0.2) is 0 Å². The fourth-order valence-electron chi connectivity index (χ4n) is 4.57. The van der Waals surface area contributed by atoms with E-state index in [0.717, 1.165) is 64.6 Å². The van der Waals surface area contributed by atoms with Gasteiger partial charge < -0.3 is 18.9 Å². The molecule has 0 aliphatic carbocycles. The molecular weight excluding hydrogens is 320 g/mol. The van der Waals surface area contributed by atoms with Crippen LogP contribution in [-0.4, -0.2) is 77.9 Å². The third kappa shape index (κ3) is 3.32. The molecule has 0 N–H and O–H groups in total. The Balaban J connectivity index is 1.52. The maximum absolute atomic E-state index is 13.3. The molecule has 3 aliphatic heterocycles. The molecule has 1 atom stereocenters. The standard InChI is InChI=1S/C18H28N4O3/c1-20-5-4-19-16(20)13-21-12-15(17(23)22-6-10-25-11-7-22)18(14-21)2-8-24-9-3-18/h4-5,15H,2-3,6-14H2,1H3. The number of likely N-dealkylation sites (tertiary alicyclic amines) is 1. The number of aromatic nitrogens is 2. The highest BCUT2D eigenvalue weighted by atomic mass is 16.5. The summed E-state index contributed by atoms with van der Waals surface area (Å²) < 4.78 is 13.1. The molecule has 0 bridgehead atoms. The Morgan fingerprint density at radius 1 is 1.24 bits per heavy atom. The second-order valence-corrected chi connectivity index (χ2v) is 7.59. The molecular formula is C18H28N4O3. The van der Waals surface area contributed by atoms with Gasteiger partial charge in [-0.05, 0) is 12.8 Å². The Kier molecular flexibility index (Phi) is 4.80. The highest BCUT2D eigenvalue weighted by Crippen LogP contribution is 2.45. The van der Waals surface area contributed by atoms with E-state index in [1.54, 1.807) is 0 Å². The average Bonchev–Trinajstić information content (AvgIpc) is 3.20. The van der Waals surface area contributed by atoms with Crippen molar-refractivity contribution >= 4 is 5.91 Å². The first-order chi connectivity index (χ1) is 12.2. The number of imidazole rings is 1. The summed E-state index contributed by atoms with van der Waals surface area (Å²) in [7, 11) is 2.03. The fourth-order valence-corrected chi connectivity index (χ4v) is 4.57. The summed E-state index contributed by atoms with van der Waals surface area (Å²) in [6.45, 7) is 6.89. The van der Waals surface area contributed by atoms with Gasteiger partial charge in [0, 0.05) is 64.2 Å². The number of carbonyl (C=O) groups is 1. The lowest BCUT2D eigenvalue weighted by Crippen LogP contribution is -2.49. The molecule has 3 fully saturated rings. The molecule has 0 saturated carbocycles. The minimum atomic E-state index is 0.0544. The van der Waals surface area contributed by atoms with Gasteiger partial charge in [-0.15, -0.1) is 0 Å². The zero-order valence-corrected chi connectivity index (χ0v) is 15.0. The van der Waals surface area contributed by atoms with Gasteiger partial charge in [-0.2, -0.15) is 0 Å². The number of nitrogens with zero attached hydrogens (tertiary/aromatic N) is 4. The molecule has 4 heterocycles. The predicted molar refractivity (Wildman–Crippen MR) is 91.9 cm³/mol. The van der Waals surface area contributed by atoms with E-state index < -0.39 is 0 Å². The molecule has 1 aromatic heterocycles. The summed E-state index contributed by atoms with van der Waals surface area (Å²) in [4.78, 5) is 22.2. The molecule has 0 aromatic carbocycles. The molecule has 1 aromatic rings. The molecule has 25 heavy (non-hydrogen) atoms. The Morgan fingerprint density at radius 2 is 1.96 bits per heavy atom. The van der Waals surface area contributed by atoms with Crippen molar-refractivity contribution < 1.29 is 14.3 Å². The molecule has 3 saturated heterocycles. The smallest absolute Gasteiger partial charge is 0.227 e. The summed E-state index contributed by atoms with van der Waals surface area (Å²) in [5.41, 5.74) is 0.0544. The molecule has 7 nitrogen and oxygen atoms in total. The summed E-state index contributed by atoms with van der Waals surface area (Å²) in [6, 6.07) is 0. The molecule has 138 valence electrons. The summed E-state index contributed by atoms with van der Waals surface area (Å²) >= 11 is 0. The number of hydrogen-bond acceptors (Lipinski definition) is 5. The SMILES string of the molecule is Cn1ccnc1CN1CC(C(=O)N2CCOCC2)C2(CCOCC2)C1. The van der Waals surface area contributed by atoms with Gasteiger partial charge >= 0.3 is 0 Å². The zero-order valence-electron chi connectivity index (χ0n) is 15.0. The second-order valence-electron chi connectivity index (χ2n) is 7.59. The van der Waals surface area contributed by atoms with E-state index in [0.29, 0.717) is 19.1 Å². The average molecular weight is 348 g/mol. The van der Waals surface area contributed by atoms with E-state index in [1.165, 1.54) is 0 Å². The van der Waals surface area contributed by atoms with Crippen LogP contribution in [0.2, 0.25) is 0 Å². The van der Waals surface area contributed by atoms with Gasteiger partial charge in [-0.1, -0.05) is 0 Å². The lowest BCUT2D eigenvalue weighted by atomic mass is 9.71. The van der Waals surface area contributed by atoms with Crippen LogP contribution in [0.1, 0.15) is 18.7 Å². The summed E-state index contributed by atoms with van der Waals surface area (Å²) in [6.07, 6.45) is 5.77. The number of ether oxygens (including phenoxy) is 2. The summed E-state index contributed by atoms with van der Waals surface area (Å²) in [5, 5.41) is 0. The van der Waals surface area contributed by atoms with Crippen LogP contribution in [0.15, 0.2) is 12.4 Å². The van der Waals surface area contributed by atoms with Crippen LogP contribution in [0.5, 0.6) is 0 Å². The maximum atomic E-state index is 13.3. The molecule has 1 amide bonds. The van der Waals surface area contributed by atoms with Crippen molar-refractivity contribution in [1.82, 2.24) is 19.4 Å². The van der Waals surface area contributed by atoms with E-state index in [2.05, 4.69) is 14.5 Å². The monoisotopic (exact) mass is 348 g/mol. The number of morpholine rings is 1. The van der Waals surface area contributed by atoms with Crippen LogP contribution in [0.3, 0.4) is 0 Å². The van der Waals surface area contributed by atoms with Gasteiger partial charge in [-0.25, -0.2) is 4.98 Å². The first-order valence-electron chi connectivity index (χ1n) is 9.31. The van der Waals surface area contributed by atoms with Crippen molar-refractivity contribution in [1.29, 1.82) is 0 Å². The lowest BCUT2D eigenvalue weighted by Gasteiger charge is -2.40. The number of rotatable bonds is 3. The quantitative estimate of drug-likeness (QED) is 0.796. The number of aryl methyl sites for hydroxylation is 1. The number of amides is 1. The first-order valence-corrected chi connectivity index (χ1v) is 9.31. The third-order valence-corrected chi connectivity index (χ3v) is 6.11. The predicted octanol–water partition coefficient (Wildman–Crippen LogP) is 0.508. The Bertz CT molecular complexity index is 605. The molecule has 0 radical (unpaired) electrons. The molecule has 4 rings (SSSR count). The minimum absolute atomic E-state index is 0.0544. The molecule has 1 unspecified atom stereocenters. The van der Waals surface area contributed by atoms with Crippen molar-refractivity contribution in [3.8, 4) is 0 Å². The van der Waals surface area contributed by atoms with Gasteiger partial charge in [0.05, 0.1) is 25.7 Å². The first kappa shape index (κ1) is 17.0. The van der Waals surface area contributed by atoms with Crippen LogP contribution in [-0.2, 0) is 27.9 Å². The Morgan fingerprint density at radius 3 is 2.64 bits per heavy atom. The van der Waals surface area contributed by atoms with Crippen molar-refractivity contribution in [3.63, 3.8) is 0 Å². The Labute approximate surface area is 148 Å². The topological polar surface area (TPSA) is 59.8 Å². The van der Waals surface area contributed by atoms with Crippen molar-refractivity contribution in [2.45, 2.75) is 19.4 Å². The van der Waals surface area contributed by atoms with Crippen molar-refractivity contribution in [3.05, 3.63) is 18.2 Å². The van der Waals surface area contributed by atoms with Crippen molar-refractivity contribution in [2.24, 2.45) is 18.4 Å². The van der Waals surface area contributed by atoms with E-state index in [1.807, 2.05) is 24.3 Å². The van der Waals surface area contributed by atoms with Crippen LogP contribution in [0.4, 0.5) is 0 Å². The molecule has 7 heteroatoms. The van der Waals surface area contributed by atoms with Gasteiger partial charge in [0.1, 0.15) is 5.82 Å². The van der Waals surface area contributed by atoms with E-state index in [9.17, 15) is 4.79 Å². The number of hydrogen-bond donors (Lipinski definition) is 0. The maximum Gasteiger partial charge on any atom is 0.227 e. The number of carbonyl (C=O) groups excluding carboxylic acids is 1. The van der Waals surface area contributed by atoms with Crippen LogP contribution in [0, 0.1) is 11.3 Å². The fraction of sp³-hybridized carbons (Fsp3) is 0.778. The summed E-state index contributed by atoms with van der Waals surface area (Å²) in [5.74, 6) is 1.43. The van der Waals surface area contributed by atoms with Crippen LogP contribution < -0.4 is 0 Å². The Hall–Kier alpha value is -1.44. The highest BCUT2D eigenvalue weighted by Gasteiger charge is 2.51. The van der Waals surface area contributed by atoms with Crippen molar-refractivity contribution in [2.75, 3.05) is 52.6 Å². The van der Waals surface area contributed by atoms with Crippen LogP contribution in [0.25, 0.3) is 0 Å². The molecule has 1 spiro atoms.